The Morgan fingerprint density at radius 2 is 2.33 bits per heavy atom. The van der Waals surface area contributed by atoms with Crippen molar-refractivity contribution < 1.29 is 4.39 Å². The minimum Gasteiger partial charge on any atom is -0.277 e. The van der Waals surface area contributed by atoms with Gasteiger partial charge in [-0.05, 0) is 44.6 Å². The van der Waals surface area contributed by atoms with Crippen LogP contribution in [0.25, 0.3) is 10.9 Å². The minimum atomic E-state index is -0.256. The quantitative estimate of drug-likeness (QED) is 0.579. The third-order valence-corrected chi connectivity index (χ3v) is 3.23. The number of H-pyrrole nitrogens is 1. The molecule has 0 spiro atoms. The topological polar surface area (TPSA) is 28.7 Å². The Labute approximate surface area is 89.8 Å². The summed E-state index contributed by atoms with van der Waals surface area (Å²) >= 11 is 5.22. The van der Waals surface area contributed by atoms with Gasteiger partial charge >= 0.3 is 0 Å². The predicted molar refractivity (Wildman–Crippen MR) is 56.5 cm³/mol. The lowest BCUT2D eigenvalue weighted by atomic mass is 10.2. The molecule has 1 aromatic heterocycles. The van der Waals surface area contributed by atoms with Crippen molar-refractivity contribution >= 4 is 49.4 Å². The van der Waals surface area contributed by atoms with Crippen LogP contribution in [0, 0.1) is 9.39 Å². The van der Waals surface area contributed by atoms with Crippen molar-refractivity contribution in [3.05, 3.63) is 26.1 Å². The second-order valence-electron chi connectivity index (χ2n) is 2.31. The molecule has 62 valence electrons. The number of hydrogen-bond acceptors (Lipinski definition) is 1. The molecule has 0 atom stereocenters. The van der Waals surface area contributed by atoms with Gasteiger partial charge in [0.15, 0.2) is 0 Å². The van der Waals surface area contributed by atoms with Crippen LogP contribution in [-0.4, -0.2) is 10.2 Å². The van der Waals surface area contributed by atoms with E-state index in [1.165, 1.54) is 6.07 Å². The summed E-state index contributed by atoms with van der Waals surface area (Å²) in [5.41, 5.74) is 0.865. The number of fused-ring (bicyclic) bond motifs is 1. The van der Waals surface area contributed by atoms with E-state index in [2.05, 4.69) is 48.7 Å². The van der Waals surface area contributed by atoms with E-state index >= 15 is 0 Å². The zero-order valence-corrected chi connectivity index (χ0v) is 9.48. The largest absolute Gasteiger partial charge is 0.277 e. The van der Waals surface area contributed by atoms with Gasteiger partial charge in [0, 0.05) is 8.96 Å². The molecule has 0 saturated carbocycles. The summed E-state index contributed by atoms with van der Waals surface area (Å²) in [5.74, 6) is -0.256. The molecule has 0 aliphatic heterocycles. The van der Waals surface area contributed by atoms with Crippen molar-refractivity contribution in [2.75, 3.05) is 0 Å². The highest BCUT2D eigenvalue weighted by Gasteiger charge is 2.09. The molecule has 5 heteroatoms. The zero-order valence-electron chi connectivity index (χ0n) is 5.74. The highest BCUT2D eigenvalue weighted by Crippen LogP contribution is 2.28. The molecule has 0 aliphatic carbocycles. The Morgan fingerprint density at radius 3 is 3.08 bits per heavy atom. The molecular weight excluding hydrogens is 338 g/mol. The minimum absolute atomic E-state index is 0.256. The van der Waals surface area contributed by atoms with Gasteiger partial charge in [-0.1, -0.05) is 0 Å². The fourth-order valence-electron chi connectivity index (χ4n) is 1.01. The fourth-order valence-corrected chi connectivity index (χ4v) is 2.11. The molecule has 1 heterocycles. The average molecular weight is 341 g/mol. The zero-order chi connectivity index (χ0) is 8.72. The highest BCUT2D eigenvalue weighted by atomic mass is 127. The number of aromatic amines is 1. The summed E-state index contributed by atoms with van der Waals surface area (Å²) in [5, 5.41) is 7.42. The number of nitrogens with one attached hydrogen (secondary N) is 1. The van der Waals surface area contributed by atoms with Crippen LogP contribution in [0.15, 0.2) is 16.7 Å². The average Bonchev–Trinajstić information content (AvgIpc) is 2.48. The smallest absolute Gasteiger partial charge is 0.139 e. The predicted octanol–water partition coefficient (Wildman–Crippen LogP) is 3.07. The van der Waals surface area contributed by atoms with Gasteiger partial charge in [-0.3, -0.25) is 5.10 Å². The van der Waals surface area contributed by atoms with Crippen LogP contribution in [0.4, 0.5) is 4.39 Å². The van der Waals surface area contributed by atoms with Crippen LogP contribution in [0.5, 0.6) is 0 Å². The summed E-state index contributed by atoms with van der Waals surface area (Å²) in [7, 11) is 0. The molecule has 2 rings (SSSR count). The maximum atomic E-state index is 13.1. The molecule has 12 heavy (non-hydrogen) atoms. The molecule has 1 aromatic carbocycles. The van der Waals surface area contributed by atoms with Gasteiger partial charge in [-0.15, -0.1) is 0 Å². The molecule has 2 nitrogen and oxygen atoms in total. The van der Waals surface area contributed by atoms with Crippen molar-refractivity contribution in [1.29, 1.82) is 0 Å². The molecule has 0 aliphatic rings. The van der Waals surface area contributed by atoms with Crippen molar-refractivity contribution in [2.24, 2.45) is 0 Å². The second kappa shape index (κ2) is 2.95. The third-order valence-electron chi connectivity index (χ3n) is 1.58. The van der Waals surface area contributed by atoms with Gasteiger partial charge in [0.2, 0.25) is 0 Å². The maximum absolute atomic E-state index is 13.1. The molecular formula is C7H3BrFIN2. The Balaban J connectivity index is 2.97. The van der Waals surface area contributed by atoms with E-state index in [0.29, 0.717) is 4.47 Å². The number of benzene rings is 1. The van der Waals surface area contributed by atoms with E-state index in [-0.39, 0.29) is 5.82 Å². The van der Waals surface area contributed by atoms with E-state index in [9.17, 15) is 4.39 Å². The third kappa shape index (κ3) is 1.15. The first kappa shape index (κ1) is 8.43. The first-order valence-corrected chi connectivity index (χ1v) is 5.04. The first-order chi connectivity index (χ1) is 5.70. The molecule has 2 aromatic rings. The summed E-state index contributed by atoms with van der Waals surface area (Å²) in [6.45, 7) is 0. The Hall–Kier alpha value is -0.170. The Morgan fingerprint density at radius 1 is 1.58 bits per heavy atom. The highest BCUT2D eigenvalue weighted by molar-refractivity contribution is 14.1. The van der Waals surface area contributed by atoms with Crippen molar-refractivity contribution in [3.8, 4) is 0 Å². The molecule has 1 N–H and O–H groups in total. The van der Waals surface area contributed by atoms with Gasteiger partial charge < -0.3 is 0 Å². The number of halogens is 3. The van der Waals surface area contributed by atoms with E-state index in [1.807, 2.05) is 0 Å². The second-order valence-corrected chi connectivity index (χ2v) is 4.27. The SMILES string of the molecule is Fc1cc(I)c2[nH]ncc2c1Br. The molecule has 0 fully saturated rings. The number of rotatable bonds is 0. The Bertz CT molecular complexity index is 440. The monoisotopic (exact) mass is 340 g/mol. The lowest BCUT2D eigenvalue weighted by Crippen LogP contribution is -1.82. The van der Waals surface area contributed by atoms with Crippen molar-refractivity contribution in [3.63, 3.8) is 0 Å². The van der Waals surface area contributed by atoms with Crippen LogP contribution in [-0.2, 0) is 0 Å². The van der Waals surface area contributed by atoms with Gasteiger partial charge in [0.05, 0.1) is 16.2 Å². The number of nitrogens with zero attached hydrogens (tertiary/aromatic N) is 1. The summed E-state index contributed by atoms with van der Waals surface area (Å²) < 4.78 is 14.4. The molecule has 0 amide bonds. The summed E-state index contributed by atoms with van der Waals surface area (Å²) in [6, 6.07) is 1.46. The fraction of sp³-hybridized carbons (Fsp3) is 0. The Kier molecular flexibility index (Phi) is 2.07. The number of aromatic nitrogens is 2. The van der Waals surface area contributed by atoms with Crippen molar-refractivity contribution in [2.45, 2.75) is 0 Å². The molecule has 0 unspecified atom stereocenters. The van der Waals surface area contributed by atoms with Gasteiger partial charge in [0.1, 0.15) is 5.82 Å². The standard InChI is InChI=1S/C7H3BrFIN2/c8-6-3-2-11-12-7(3)5(10)1-4(6)9/h1-2H,(H,11,12). The number of hydrogen-bond donors (Lipinski definition) is 1. The van der Waals surface area contributed by atoms with Crippen LogP contribution in [0.2, 0.25) is 0 Å². The van der Waals surface area contributed by atoms with Gasteiger partial charge in [-0.2, -0.15) is 5.10 Å². The lowest BCUT2D eigenvalue weighted by molar-refractivity contribution is 0.622. The molecule has 0 saturated heterocycles. The van der Waals surface area contributed by atoms with Crippen molar-refractivity contribution in [1.82, 2.24) is 10.2 Å². The summed E-state index contributed by atoms with van der Waals surface area (Å²) in [4.78, 5) is 0. The van der Waals surface area contributed by atoms with E-state index in [1.54, 1.807) is 6.20 Å². The van der Waals surface area contributed by atoms with Gasteiger partial charge in [0.25, 0.3) is 0 Å². The van der Waals surface area contributed by atoms with E-state index < -0.39 is 0 Å². The van der Waals surface area contributed by atoms with Crippen LogP contribution in [0.1, 0.15) is 0 Å². The van der Waals surface area contributed by atoms with Crippen LogP contribution in [0.3, 0.4) is 0 Å². The lowest BCUT2D eigenvalue weighted by Gasteiger charge is -1.97. The normalized spacial score (nSPS) is 10.9. The molecule has 0 bridgehead atoms. The molecule has 0 radical (unpaired) electrons. The van der Waals surface area contributed by atoms with Crippen LogP contribution >= 0.6 is 38.5 Å². The van der Waals surface area contributed by atoms with E-state index in [4.69, 9.17) is 0 Å². The van der Waals surface area contributed by atoms with Crippen LogP contribution < -0.4 is 0 Å². The summed E-state index contributed by atoms with van der Waals surface area (Å²) in [6.07, 6.45) is 1.60. The van der Waals surface area contributed by atoms with Gasteiger partial charge in [-0.25, -0.2) is 4.39 Å². The first-order valence-electron chi connectivity index (χ1n) is 3.16. The van der Waals surface area contributed by atoms with E-state index in [0.717, 1.165) is 14.5 Å². The maximum Gasteiger partial charge on any atom is 0.139 e.